The molecule has 0 aliphatic rings. The predicted octanol–water partition coefficient (Wildman–Crippen LogP) is 2.74. The average Bonchev–Trinajstić information content (AvgIpc) is 2.83. The summed E-state index contributed by atoms with van der Waals surface area (Å²) in [6, 6.07) is 25.4. The van der Waals surface area contributed by atoms with Gasteiger partial charge in [-0.2, -0.15) is 10.2 Å². The highest BCUT2D eigenvalue weighted by Crippen LogP contribution is 2.17. The normalized spacial score (nSPS) is 10.8. The van der Waals surface area contributed by atoms with E-state index in [1.165, 1.54) is 0 Å². The van der Waals surface area contributed by atoms with Gasteiger partial charge in [0.1, 0.15) is 11.5 Å². The number of amides is 2. The molecule has 0 fully saturated rings. The number of carbonyl (C=O) groups excluding carboxylic acids is 2. The van der Waals surface area contributed by atoms with Crippen molar-refractivity contribution < 1.29 is 19.1 Å². The molecule has 0 spiro atoms. The SMILES string of the molecule is O=C(COc1ccc(OCC(=O)N/N=C\c2ccccc2)cc1)N/N=C\c1ccccc1. The predicted molar refractivity (Wildman–Crippen MR) is 122 cm³/mol. The molecule has 8 heteroatoms. The fourth-order valence-corrected chi connectivity index (χ4v) is 2.43. The third-order valence-electron chi connectivity index (χ3n) is 3.97. The van der Waals surface area contributed by atoms with Gasteiger partial charge >= 0.3 is 0 Å². The van der Waals surface area contributed by atoms with Gasteiger partial charge in [-0.1, -0.05) is 60.7 Å². The van der Waals surface area contributed by atoms with E-state index in [0.29, 0.717) is 11.5 Å². The summed E-state index contributed by atoms with van der Waals surface area (Å²) < 4.78 is 10.8. The number of nitrogens with one attached hydrogen (secondary N) is 2. The van der Waals surface area contributed by atoms with Gasteiger partial charge in [0.2, 0.25) is 0 Å². The van der Waals surface area contributed by atoms with Crippen molar-refractivity contribution in [2.24, 2.45) is 10.2 Å². The van der Waals surface area contributed by atoms with E-state index in [0.717, 1.165) is 11.1 Å². The zero-order valence-corrected chi connectivity index (χ0v) is 17.2. The van der Waals surface area contributed by atoms with E-state index in [-0.39, 0.29) is 25.0 Å². The van der Waals surface area contributed by atoms with Crippen molar-refractivity contribution in [1.82, 2.24) is 10.9 Å². The molecular weight excluding hydrogens is 408 g/mol. The summed E-state index contributed by atoms with van der Waals surface area (Å²) in [5, 5.41) is 7.75. The molecule has 8 nitrogen and oxygen atoms in total. The molecule has 3 rings (SSSR count). The smallest absolute Gasteiger partial charge is 0.277 e. The van der Waals surface area contributed by atoms with E-state index in [9.17, 15) is 9.59 Å². The minimum absolute atomic E-state index is 0.186. The van der Waals surface area contributed by atoms with Crippen molar-refractivity contribution in [3.63, 3.8) is 0 Å². The number of benzene rings is 3. The highest BCUT2D eigenvalue weighted by molar-refractivity contribution is 5.83. The standard InChI is InChI=1S/C24H22N4O4/c29-23(27-25-15-19-7-3-1-4-8-19)17-31-21-11-13-22(14-12-21)32-18-24(30)28-26-16-20-9-5-2-6-10-20/h1-16H,17-18H2,(H,27,29)(H,28,30)/b25-15-,26-16-. The summed E-state index contributed by atoms with van der Waals surface area (Å²) >= 11 is 0. The van der Waals surface area contributed by atoms with Crippen LogP contribution in [-0.4, -0.2) is 37.5 Å². The maximum absolute atomic E-state index is 11.8. The van der Waals surface area contributed by atoms with Crippen LogP contribution in [0.2, 0.25) is 0 Å². The Morgan fingerprint density at radius 1 is 0.625 bits per heavy atom. The van der Waals surface area contributed by atoms with Gasteiger partial charge < -0.3 is 9.47 Å². The minimum Gasteiger partial charge on any atom is -0.484 e. The second kappa shape index (κ2) is 12.3. The first-order chi connectivity index (χ1) is 15.7. The maximum Gasteiger partial charge on any atom is 0.277 e. The molecule has 2 N–H and O–H groups in total. The number of nitrogens with zero attached hydrogens (tertiary/aromatic N) is 2. The first-order valence-electron chi connectivity index (χ1n) is 9.78. The Kier molecular flexibility index (Phi) is 8.53. The van der Waals surface area contributed by atoms with E-state index in [1.54, 1.807) is 36.7 Å². The second-order valence-electron chi connectivity index (χ2n) is 6.46. The summed E-state index contributed by atoms with van der Waals surface area (Å²) in [6.07, 6.45) is 3.10. The summed E-state index contributed by atoms with van der Waals surface area (Å²) in [5.41, 5.74) is 6.55. The molecule has 0 aliphatic carbocycles. The molecule has 0 atom stereocenters. The number of hydrogen-bond acceptors (Lipinski definition) is 6. The fraction of sp³-hybridized carbons (Fsp3) is 0.0833. The van der Waals surface area contributed by atoms with Crippen molar-refractivity contribution in [1.29, 1.82) is 0 Å². The fourth-order valence-electron chi connectivity index (χ4n) is 2.43. The van der Waals surface area contributed by atoms with E-state index >= 15 is 0 Å². The lowest BCUT2D eigenvalue weighted by Gasteiger charge is -2.07. The van der Waals surface area contributed by atoms with Crippen molar-refractivity contribution in [3.8, 4) is 11.5 Å². The summed E-state index contributed by atoms with van der Waals surface area (Å²) in [6.45, 7) is -0.373. The minimum atomic E-state index is -0.384. The molecule has 0 radical (unpaired) electrons. The molecule has 0 saturated carbocycles. The maximum atomic E-state index is 11.8. The number of carbonyl (C=O) groups is 2. The molecule has 0 saturated heterocycles. The Morgan fingerprint density at radius 3 is 1.38 bits per heavy atom. The number of rotatable bonds is 10. The van der Waals surface area contributed by atoms with Crippen LogP contribution in [0, 0.1) is 0 Å². The largest absolute Gasteiger partial charge is 0.484 e. The van der Waals surface area contributed by atoms with Crippen molar-refractivity contribution in [2.75, 3.05) is 13.2 Å². The lowest BCUT2D eigenvalue weighted by Crippen LogP contribution is -2.25. The molecular formula is C24H22N4O4. The summed E-state index contributed by atoms with van der Waals surface area (Å²) in [5.74, 6) is 0.198. The zero-order valence-electron chi connectivity index (χ0n) is 17.2. The van der Waals surface area contributed by atoms with Gasteiger partial charge in [0, 0.05) is 0 Å². The Balaban J connectivity index is 1.34. The zero-order chi connectivity index (χ0) is 22.4. The van der Waals surface area contributed by atoms with Crippen LogP contribution >= 0.6 is 0 Å². The first-order valence-corrected chi connectivity index (χ1v) is 9.78. The van der Waals surface area contributed by atoms with E-state index < -0.39 is 0 Å². The van der Waals surface area contributed by atoms with E-state index in [1.807, 2.05) is 60.7 Å². The monoisotopic (exact) mass is 430 g/mol. The quantitative estimate of drug-likeness (QED) is 0.381. The third kappa shape index (κ3) is 8.11. The van der Waals surface area contributed by atoms with Gasteiger partial charge in [-0.3, -0.25) is 9.59 Å². The van der Waals surface area contributed by atoms with Gasteiger partial charge in [-0.25, -0.2) is 10.9 Å². The molecule has 162 valence electrons. The van der Waals surface area contributed by atoms with Crippen LogP contribution in [0.25, 0.3) is 0 Å². The van der Waals surface area contributed by atoms with Gasteiger partial charge in [0.05, 0.1) is 12.4 Å². The highest BCUT2D eigenvalue weighted by atomic mass is 16.5. The average molecular weight is 430 g/mol. The Morgan fingerprint density at radius 2 is 1.00 bits per heavy atom. The lowest BCUT2D eigenvalue weighted by atomic mass is 10.2. The van der Waals surface area contributed by atoms with Crippen molar-refractivity contribution in [2.45, 2.75) is 0 Å². The molecule has 0 aromatic heterocycles. The molecule has 2 amide bonds. The lowest BCUT2D eigenvalue weighted by molar-refractivity contribution is -0.123. The molecule has 0 bridgehead atoms. The Bertz CT molecular complexity index is 966. The van der Waals surface area contributed by atoms with Gasteiger partial charge in [0.25, 0.3) is 11.8 Å². The Labute approximate surface area is 185 Å². The van der Waals surface area contributed by atoms with Crippen LogP contribution in [0.5, 0.6) is 11.5 Å². The van der Waals surface area contributed by atoms with Crippen LogP contribution < -0.4 is 20.3 Å². The van der Waals surface area contributed by atoms with Crippen LogP contribution in [0.15, 0.2) is 95.1 Å². The number of ether oxygens (including phenoxy) is 2. The molecule has 0 aliphatic heterocycles. The van der Waals surface area contributed by atoms with Crippen LogP contribution in [-0.2, 0) is 9.59 Å². The molecule has 3 aromatic carbocycles. The number of hydrazone groups is 2. The van der Waals surface area contributed by atoms with Crippen molar-refractivity contribution >= 4 is 24.2 Å². The second-order valence-corrected chi connectivity index (χ2v) is 6.46. The van der Waals surface area contributed by atoms with Gasteiger partial charge in [-0.05, 0) is 35.4 Å². The van der Waals surface area contributed by atoms with Crippen LogP contribution in [0.1, 0.15) is 11.1 Å². The molecule has 0 unspecified atom stereocenters. The number of hydrogen-bond donors (Lipinski definition) is 2. The highest BCUT2D eigenvalue weighted by Gasteiger charge is 2.04. The van der Waals surface area contributed by atoms with Crippen molar-refractivity contribution in [3.05, 3.63) is 96.1 Å². The molecule has 0 heterocycles. The Hall–Kier alpha value is -4.46. The topological polar surface area (TPSA) is 101 Å². The third-order valence-corrected chi connectivity index (χ3v) is 3.97. The van der Waals surface area contributed by atoms with E-state index in [4.69, 9.17) is 9.47 Å². The van der Waals surface area contributed by atoms with E-state index in [2.05, 4.69) is 21.1 Å². The van der Waals surface area contributed by atoms with Gasteiger partial charge in [0.15, 0.2) is 13.2 Å². The molecule has 3 aromatic rings. The molecule has 32 heavy (non-hydrogen) atoms. The first kappa shape index (κ1) is 22.2. The summed E-state index contributed by atoms with van der Waals surface area (Å²) in [7, 11) is 0. The summed E-state index contributed by atoms with van der Waals surface area (Å²) in [4.78, 5) is 23.6. The van der Waals surface area contributed by atoms with Crippen LogP contribution in [0.3, 0.4) is 0 Å². The van der Waals surface area contributed by atoms with Crippen LogP contribution in [0.4, 0.5) is 0 Å². The van der Waals surface area contributed by atoms with Gasteiger partial charge in [-0.15, -0.1) is 0 Å².